The second-order valence-corrected chi connectivity index (χ2v) is 4.97. The van der Waals surface area contributed by atoms with Crippen LogP contribution in [0, 0.1) is 12.8 Å². The molecule has 100 valence electrons. The summed E-state index contributed by atoms with van der Waals surface area (Å²) < 4.78 is 0. The Bertz CT molecular complexity index is 416. The Kier molecular flexibility index (Phi) is 5.16. The van der Waals surface area contributed by atoms with Gasteiger partial charge in [-0.1, -0.05) is 13.0 Å². The van der Waals surface area contributed by atoms with Crippen LogP contribution in [0.2, 0.25) is 0 Å². The Morgan fingerprint density at radius 3 is 2.72 bits per heavy atom. The molecule has 1 amide bonds. The minimum absolute atomic E-state index is 0.114. The molecule has 0 saturated carbocycles. The molecule has 0 radical (unpaired) electrons. The monoisotopic (exact) mass is 250 g/mol. The van der Waals surface area contributed by atoms with Gasteiger partial charge >= 0.3 is 0 Å². The van der Waals surface area contributed by atoms with E-state index in [9.17, 15) is 9.90 Å². The van der Waals surface area contributed by atoms with Crippen molar-refractivity contribution in [2.24, 2.45) is 5.92 Å². The first kappa shape index (κ1) is 14.5. The summed E-state index contributed by atoms with van der Waals surface area (Å²) in [5, 5.41) is 12.1. The van der Waals surface area contributed by atoms with Crippen LogP contribution in [0.4, 0.5) is 5.69 Å². The van der Waals surface area contributed by atoms with Crippen molar-refractivity contribution in [2.45, 2.75) is 33.3 Å². The van der Waals surface area contributed by atoms with Gasteiger partial charge in [-0.3, -0.25) is 4.79 Å². The SMILES string of the molecule is Cc1ccc(N)cc1C(=O)NCC(C)CC(C)O. The minimum atomic E-state index is -0.342. The van der Waals surface area contributed by atoms with Crippen molar-refractivity contribution < 1.29 is 9.90 Å². The first-order valence-corrected chi connectivity index (χ1v) is 6.22. The maximum absolute atomic E-state index is 12.0. The number of hydrogen-bond acceptors (Lipinski definition) is 3. The fraction of sp³-hybridized carbons (Fsp3) is 0.500. The zero-order valence-electron chi connectivity index (χ0n) is 11.2. The van der Waals surface area contributed by atoms with Gasteiger partial charge in [0, 0.05) is 17.8 Å². The van der Waals surface area contributed by atoms with Crippen LogP contribution in [-0.2, 0) is 0 Å². The number of anilines is 1. The fourth-order valence-electron chi connectivity index (χ4n) is 1.91. The van der Waals surface area contributed by atoms with Crippen LogP contribution in [0.5, 0.6) is 0 Å². The van der Waals surface area contributed by atoms with E-state index in [1.54, 1.807) is 19.1 Å². The quantitative estimate of drug-likeness (QED) is 0.696. The predicted molar refractivity (Wildman–Crippen MR) is 73.4 cm³/mol. The molecule has 4 heteroatoms. The van der Waals surface area contributed by atoms with Gasteiger partial charge in [0.05, 0.1) is 6.10 Å². The summed E-state index contributed by atoms with van der Waals surface area (Å²) in [4.78, 5) is 12.0. The van der Waals surface area contributed by atoms with Gasteiger partial charge in [0.2, 0.25) is 0 Å². The zero-order chi connectivity index (χ0) is 13.7. The number of carbonyl (C=O) groups is 1. The maximum atomic E-state index is 12.0. The first-order valence-electron chi connectivity index (χ1n) is 6.22. The van der Waals surface area contributed by atoms with Crippen LogP contribution >= 0.6 is 0 Å². The molecule has 4 N–H and O–H groups in total. The molecular weight excluding hydrogens is 228 g/mol. The number of aliphatic hydroxyl groups is 1. The molecule has 0 aliphatic heterocycles. The van der Waals surface area contributed by atoms with Crippen LogP contribution in [0.1, 0.15) is 36.2 Å². The Hall–Kier alpha value is -1.55. The van der Waals surface area contributed by atoms with Crippen molar-refractivity contribution in [3.8, 4) is 0 Å². The van der Waals surface area contributed by atoms with E-state index in [2.05, 4.69) is 5.32 Å². The van der Waals surface area contributed by atoms with Crippen LogP contribution in [0.3, 0.4) is 0 Å². The first-order chi connectivity index (χ1) is 8.40. The summed E-state index contributed by atoms with van der Waals surface area (Å²) in [6.07, 6.45) is 0.335. The summed E-state index contributed by atoms with van der Waals surface area (Å²) in [6, 6.07) is 5.30. The van der Waals surface area contributed by atoms with Gasteiger partial charge < -0.3 is 16.2 Å². The normalized spacial score (nSPS) is 14.0. The average Bonchev–Trinajstić information content (AvgIpc) is 2.28. The number of aryl methyl sites for hydroxylation is 1. The molecule has 4 nitrogen and oxygen atoms in total. The zero-order valence-corrected chi connectivity index (χ0v) is 11.2. The summed E-state index contributed by atoms with van der Waals surface area (Å²) in [5.41, 5.74) is 7.78. The molecule has 1 aromatic carbocycles. The van der Waals surface area contributed by atoms with Crippen molar-refractivity contribution in [2.75, 3.05) is 12.3 Å². The summed E-state index contributed by atoms with van der Waals surface area (Å²) in [7, 11) is 0. The van der Waals surface area contributed by atoms with Crippen molar-refractivity contribution in [3.05, 3.63) is 29.3 Å². The maximum Gasteiger partial charge on any atom is 0.251 e. The average molecular weight is 250 g/mol. The third-order valence-electron chi connectivity index (χ3n) is 2.86. The van der Waals surface area contributed by atoms with E-state index in [-0.39, 0.29) is 17.9 Å². The molecule has 2 unspecified atom stereocenters. The van der Waals surface area contributed by atoms with E-state index in [0.29, 0.717) is 24.2 Å². The number of aliphatic hydroxyl groups excluding tert-OH is 1. The lowest BCUT2D eigenvalue weighted by atomic mass is 10.0. The third-order valence-corrected chi connectivity index (χ3v) is 2.86. The van der Waals surface area contributed by atoms with E-state index in [4.69, 9.17) is 5.73 Å². The van der Waals surface area contributed by atoms with Crippen molar-refractivity contribution in [1.82, 2.24) is 5.32 Å². The van der Waals surface area contributed by atoms with Gasteiger partial charge in [0.15, 0.2) is 0 Å². The van der Waals surface area contributed by atoms with Crippen molar-refractivity contribution >= 4 is 11.6 Å². The highest BCUT2D eigenvalue weighted by Crippen LogP contribution is 2.13. The molecule has 1 aromatic rings. The highest BCUT2D eigenvalue weighted by molar-refractivity contribution is 5.96. The highest BCUT2D eigenvalue weighted by Gasteiger charge is 2.11. The van der Waals surface area contributed by atoms with Gasteiger partial charge in [-0.2, -0.15) is 0 Å². The Morgan fingerprint density at radius 1 is 1.44 bits per heavy atom. The Labute approximate surface area is 108 Å². The summed E-state index contributed by atoms with van der Waals surface area (Å²) in [6.45, 7) is 6.19. The Balaban J connectivity index is 2.58. The van der Waals surface area contributed by atoms with Gasteiger partial charge in [-0.25, -0.2) is 0 Å². The topological polar surface area (TPSA) is 75.4 Å². The van der Waals surface area contributed by atoms with Crippen LogP contribution in [0.15, 0.2) is 18.2 Å². The van der Waals surface area contributed by atoms with E-state index in [1.165, 1.54) is 0 Å². The molecule has 18 heavy (non-hydrogen) atoms. The number of amides is 1. The number of rotatable bonds is 5. The molecule has 2 atom stereocenters. The second kappa shape index (κ2) is 6.40. The van der Waals surface area contributed by atoms with Crippen molar-refractivity contribution in [3.63, 3.8) is 0 Å². The molecule has 0 heterocycles. The summed E-state index contributed by atoms with van der Waals surface area (Å²) in [5.74, 6) is 0.132. The number of nitrogens with two attached hydrogens (primary N) is 1. The van der Waals surface area contributed by atoms with Gasteiger partial charge in [0.25, 0.3) is 5.91 Å². The van der Waals surface area contributed by atoms with Crippen molar-refractivity contribution in [1.29, 1.82) is 0 Å². The highest BCUT2D eigenvalue weighted by atomic mass is 16.3. The standard InChI is InChI=1S/C14H22N2O2/c1-9(6-11(3)17)8-16-14(18)13-7-12(15)5-4-10(13)2/h4-5,7,9,11,17H,6,8,15H2,1-3H3,(H,16,18). The van der Waals surface area contributed by atoms with Crippen LogP contribution < -0.4 is 11.1 Å². The lowest BCUT2D eigenvalue weighted by molar-refractivity contribution is 0.0939. The number of nitrogens with one attached hydrogen (secondary N) is 1. The molecule has 0 aliphatic rings. The largest absolute Gasteiger partial charge is 0.399 e. The van der Waals surface area contributed by atoms with E-state index >= 15 is 0 Å². The third kappa shape index (κ3) is 4.37. The molecule has 0 bridgehead atoms. The molecule has 0 fully saturated rings. The lowest BCUT2D eigenvalue weighted by Gasteiger charge is -2.15. The molecule has 0 aliphatic carbocycles. The number of nitrogen functional groups attached to an aromatic ring is 1. The van der Waals surface area contributed by atoms with E-state index in [0.717, 1.165) is 5.56 Å². The smallest absolute Gasteiger partial charge is 0.251 e. The molecule has 0 aromatic heterocycles. The number of benzene rings is 1. The molecule has 0 spiro atoms. The minimum Gasteiger partial charge on any atom is -0.399 e. The van der Waals surface area contributed by atoms with Crippen LogP contribution in [-0.4, -0.2) is 23.7 Å². The predicted octanol–water partition coefficient (Wildman–Crippen LogP) is 1.71. The molecular formula is C14H22N2O2. The van der Waals surface area contributed by atoms with E-state index < -0.39 is 0 Å². The number of hydrogen-bond donors (Lipinski definition) is 3. The molecule has 0 saturated heterocycles. The molecule has 1 rings (SSSR count). The summed E-state index contributed by atoms with van der Waals surface area (Å²) >= 11 is 0. The second-order valence-electron chi connectivity index (χ2n) is 4.97. The van der Waals surface area contributed by atoms with E-state index in [1.807, 2.05) is 19.9 Å². The lowest BCUT2D eigenvalue weighted by Crippen LogP contribution is -2.30. The van der Waals surface area contributed by atoms with Gasteiger partial charge in [0.1, 0.15) is 0 Å². The van der Waals surface area contributed by atoms with Gasteiger partial charge in [-0.15, -0.1) is 0 Å². The Morgan fingerprint density at radius 2 is 2.11 bits per heavy atom. The number of carbonyl (C=O) groups excluding carboxylic acids is 1. The van der Waals surface area contributed by atoms with Crippen LogP contribution in [0.25, 0.3) is 0 Å². The fourth-order valence-corrected chi connectivity index (χ4v) is 1.91. The van der Waals surface area contributed by atoms with Gasteiger partial charge in [-0.05, 0) is 43.9 Å².